The Labute approximate surface area is 119 Å². The van der Waals surface area contributed by atoms with Crippen molar-refractivity contribution >= 4 is 23.3 Å². The van der Waals surface area contributed by atoms with Crippen LogP contribution in [0.5, 0.6) is 0 Å². The van der Waals surface area contributed by atoms with Crippen LogP contribution >= 0.6 is 0 Å². The fraction of sp³-hybridized carbons (Fsp3) is 0. The Balaban J connectivity index is 1.73. The topological polar surface area (TPSA) is 0 Å². The van der Waals surface area contributed by atoms with E-state index in [1.807, 2.05) is 0 Å². The van der Waals surface area contributed by atoms with Crippen molar-refractivity contribution in [2.45, 2.75) is 0 Å². The number of hydrogen-bond donors (Lipinski definition) is 0. The molecule has 2 aliphatic rings. The number of allylic oxidation sites excluding steroid dienone is 6. The maximum atomic E-state index is 2.21. The summed E-state index contributed by atoms with van der Waals surface area (Å²) in [5.74, 6) is 0. The molecule has 0 amide bonds. The molecular weight excluding hydrogens is 240 g/mol. The monoisotopic (exact) mass is 254 g/mol. The summed E-state index contributed by atoms with van der Waals surface area (Å²) in [6.07, 6.45) is 13.2. The Morgan fingerprint density at radius 2 is 0.950 bits per heavy atom. The molecule has 0 heteroatoms. The van der Waals surface area contributed by atoms with E-state index in [1.54, 1.807) is 0 Å². The zero-order valence-electron chi connectivity index (χ0n) is 11.1. The lowest BCUT2D eigenvalue weighted by Gasteiger charge is -2.01. The number of rotatable bonds is 1. The highest BCUT2D eigenvalue weighted by atomic mass is 14.1. The van der Waals surface area contributed by atoms with E-state index in [0.29, 0.717) is 0 Å². The molecule has 0 aromatic heterocycles. The zero-order chi connectivity index (χ0) is 13.4. The largest absolute Gasteiger partial charge is 0.0616 e. The normalized spacial score (nSPS) is 18.8. The quantitative estimate of drug-likeness (QED) is 0.655. The molecule has 2 aliphatic carbocycles. The van der Waals surface area contributed by atoms with Crippen LogP contribution in [0.1, 0.15) is 22.3 Å². The van der Waals surface area contributed by atoms with Gasteiger partial charge in [0.25, 0.3) is 0 Å². The van der Waals surface area contributed by atoms with Crippen LogP contribution in [0.3, 0.4) is 0 Å². The van der Waals surface area contributed by atoms with E-state index in [-0.39, 0.29) is 0 Å². The summed E-state index contributed by atoms with van der Waals surface area (Å²) in [6.45, 7) is 0. The summed E-state index contributed by atoms with van der Waals surface area (Å²) in [7, 11) is 0. The van der Waals surface area contributed by atoms with Crippen LogP contribution in [0, 0.1) is 0 Å². The summed E-state index contributed by atoms with van der Waals surface area (Å²) >= 11 is 0. The number of fused-ring (bicyclic) bond motifs is 2. The molecule has 0 aliphatic heterocycles. The van der Waals surface area contributed by atoms with Crippen LogP contribution in [0.25, 0.3) is 23.3 Å². The summed E-state index contributed by atoms with van der Waals surface area (Å²) in [6, 6.07) is 17.0. The SMILES string of the molecule is C1=Cc2ccccc2/C1=C\C=C1\C=Cc2ccccc21. The third-order valence-corrected chi connectivity index (χ3v) is 3.87. The van der Waals surface area contributed by atoms with E-state index >= 15 is 0 Å². The molecule has 94 valence electrons. The standard InChI is InChI=1S/C20H14/c1-3-7-19-15(5-1)9-11-17(19)13-14-18-12-10-16-6-2-4-8-20(16)18/h1-14H/b17-13-,18-14-. The average Bonchev–Trinajstić information content (AvgIpc) is 3.09. The fourth-order valence-corrected chi connectivity index (χ4v) is 2.82. The Morgan fingerprint density at radius 3 is 1.45 bits per heavy atom. The molecule has 0 bridgehead atoms. The van der Waals surface area contributed by atoms with Crippen LogP contribution in [-0.4, -0.2) is 0 Å². The molecule has 0 saturated heterocycles. The van der Waals surface area contributed by atoms with Crippen LogP contribution in [-0.2, 0) is 0 Å². The maximum Gasteiger partial charge on any atom is -0.0111 e. The second-order valence-corrected chi connectivity index (χ2v) is 5.09. The number of benzene rings is 2. The molecule has 0 unspecified atom stereocenters. The third kappa shape index (κ3) is 1.78. The smallest absolute Gasteiger partial charge is 0.0111 e. The highest BCUT2D eigenvalue weighted by Gasteiger charge is 2.10. The first kappa shape index (κ1) is 11.2. The van der Waals surface area contributed by atoms with Crippen molar-refractivity contribution in [2.24, 2.45) is 0 Å². The molecule has 0 nitrogen and oxygen atoms in total. The van der Waals surface area contributed by atoms with Gasteiger partial charge in [-0.25, -0.2) is 0 Å². The van der Waals surface area contributed by atoms with Crippen LogP contribution in [0.4, 0.5) is 0 Å². The van der Waals surface area contributed by atoms with Gasteiger partial charge in [0.05, 0.1) is 0 Å². The lowest BCUT2D eigenvalue weighted by Crippen LogP contribution is -1.80. The van der Waals surface area contributed by atoms with Crippen molar-refractivity contribution < 1.29 is 0 Å². The van der Waals surface area contributed by atoms with Crippen molar-refractivity contribution in [1.29, 1.82) is 0 Å². The maximum absolute atomic E-state index is 2.21. The van der Waals surface area contributed by atoms with Gasteiger partial charge in [-0.2, -0.15) is 0 Å². The first-order valence-corrected chi connectivity index (χ1v) is 6.89. The van der Waals surface area contributed by atoms with Gasteiger partial charge in [-0.05, 0) is 33.4 Å². The Morgan fingerprint density at radius 1 is 0.500 bits per heavy atom. The van der Waals surface area contributed by atoms with Crippen molar-refractivity contribution in [3.63, 3.8) is 0 Å². The van der Waals surface area contributed by atoms with E-state index in [1.165, 1.54) is 33.4 Å². The van der Waals surface area contributed by atoms with Crippen molar-refractivity contribution in [3.05, 3.63) is 95.1 Å². The summed E-state index contributed by atoms with van der Waals surface area (Å²) in [4.78, 5) is 0. The summed E-state index contributed by atoms with van der Waals surface area (Å²) in [5, 5.41) is 0. The fourth-order valence-electron chi connectivity index (χ4n) is 2.82. The van der Waals surface area contributed by atoms with Gasteiger partial charge in [-0.15, -0.1) is 0 Å². The van der Waals surface area contributed by atoms with Gasteiger partial charge in [-0.3, -0.25) is 0 Å². The van der Waals surface area contributed by atoms with Crippen molar-refractivity contribution in [3.8, 4) is 0 Å². The number of hydrogen-bond acceptors (Lipinski definition) is 0. The van der Waals surface area contributed by atoms with E-state index in [4.69, 9.17) is 0 Å². The molecule has 0 atom stereocenters. The van der Waals surface area contributed by atoms with Crippen LogP contribution in [0.2, 0.25) is 0 Å². The Hall–Kier alpha value is -2.60. The van der Waals surface area contributed by atoms with Gasteiger partial charge in [0.1, 0.15) is 0 Å². The van der Waals surface area contributed by atoms with Crippen molar-refractivity contribution in [1.82, 2.24) is 0 Å². The molecule has 4 rings (SSSR count). The highest BCUT2D eigenvalue weighted by molar-refractivity contribution is 5.94. The molecule has 2 aromatic carbocycles. The second kappa shape index (κ2) is 4.50. The van der Waals surface area contributed by atoms with Gasteiger partial charge in [-0.1, -0.05) is 85.0 Å². The lowest BCUT2D eigenvalue weighted by molar-refractivity contribution is 1.61. The molecule has 0 N–H and O–H groups in total. The predicted molar refractivity (Wildman–Crippen MR) is 86.9 cm³/mol. The molecule has 0 saturated carbocycles. The predicted octanol–water partition coefficient (Wildman–Crippen LogP) is 5.21. The van der Waals surface area contributed by atoms with Gasteiger partial charge in [0.15, 0.2) is 0 Å². The van der Waals surface area contributed by atoms with Crippen molar-refractivity contribution in [2.75, 3.05) is 0 Å². The minimum absolute atomic E-state index is 1.28. The van der Waals surface area contributed by atoms with Gasteiger partial charge in [0, 0.05) is 0 Å². The summed E-state index contributed by atoms with van der Waals surface area (Å²) < 4.78 is 0. The molecule has 20 heavy (non-hydrogen) atoms. The third-order valence-electron chi connectivity index (χ3n) is 3.87. The van der Waals surface area contributed by atoms with Crippen LogP contribution in [0.15, 0.2) is 72.8 Å². The van der Waals surface area contributed by atoms with Gasteiger partial charge >= 0.3 is 0 Å². The lowest BCUT2D eigenvalue weighted by atomic mass is 10.0. The second-order valence-electron chi connectivity index (χ2n) is 5.09. The van der Waals surface area contributed by atoms with Crippen LogP contribution < -0.4 is 0 Å². The van der Waals surface area contributed by atoms with Gasteiger partial charge < -0.3 is 0 Å². The van der Waals surface area contributed by atoms with Gasteiger partial charge in [0.2, 0.25) is 0 Å². The minimum atomic E-state index is 1.28. The molecule has 0 heterocycles. The minimum Gasteiger partial charge on any atom is -0.0616 e. The Kier molecular flexibility index (Phi) is 2.53. The van der Waals surface area contributed by atoms with E-state index in [9.17, 15) is 0 Å². The molecule has 0 spiro atoms. The molecule has 2 aromatic rings. The molecule has 0 radical (unpaired) electrons. The summed E-state index contributed by atoms with van der Waals surface area (Å²) in [5.41, 5.74) is 7.81. The highest BCUT2D eigenvalue weighted by Crippen LogP contribution is 2.31. The zero-order valence-corrected chi connectivity index (χ0v) is 11.1. The molecular formula is C20H14. The van der Waals surface area contributed by atoms with E-state index < -0.39 is 0 Å². The van der Waals surface area contributed by atoms with E-state index in [2.05, 4.69) is 85.0 Å². The Bertz CT molecular complexity index is 729. The average molecular weight is 254 g/mol. The first-order valence-electron chi connectivity index (χ1n) is 6.89. The first-order chi connectivity index (χ1) is 9.92. The van der Waals surface area contributed by atoms with E-state index in [0.717, 1.165) is 0 Å². The molecule has 0 fully saturated rings.